The summed E-state index contributed by atoms with van der Waals surface area (Å²) < 4.78 is 0. The highest BCUT2D eigenvalue weighted by Crippen LogP contribution is 2.23. The van der Waals surface area contributed by atoms with Crippen molar-refractivity contribution < 1.29 is 4.79 Å². The highest BCUT2D eigenvalue weighted by atomic mass is 16.1. The molecule has 0 heterocycles. The first-order chi connectivity index (χ1) is 8.61. The quantitative estimate of drug-likeness (QED) is 0.729. The van der Waals surface area contributed by atoms with Gasteiger partial charge >= 0.3 is 0 Å². The van der Waals surface area contributed by atoms with Crippen LogP contribution in [0.25, 0.3) is 0 Å². The van der Waals surface area contributed by atoms with Gasteiger partial charge in [0, 0.05) is 11.5 Å². The van der Waals surface area contributed by atoms with Crippen molar-refractivity contribution in [2.45, 2.75) is 26.7 Å². The summed E-state index contributed by atoms with van der Waals surface area (Å²) in [4.78, 5) is 12.5. The molecule has 0 radical (unpaired) electrons. The molecule has 0 amide bonds. The molecule has 1 heteroatoms. The lowest BCUT2D eigenvalue weighted by molar-refractivity contribution is 0.0965. The van der Waals surface area contributed by atoms with Gasteiger partial charge < -0.3 is 0 Å². The van der Waals surface area contributed by atoms with Gasteiger partial charge in [-0.3, -0.25) is 4.79 Å². The van der Waals surface area contributed by atoms with E-state index in [-0.39, 0.29) is 11.7 Å². The van der Waals surface area contributed by atoms with Gasteiger partial charge in [-0.15, -0.1) is 0 Å². The van der Waals surface area contributed by atoms with Crippen molar-refractivity contribution in [3.05, 3.63) is 70.8 Å². The Bertz CT molecular complexity index is 555. The van der Waals surface area contributed by atoms with E-state index >= 15 is 0 Å². The van der Waals surface area contributed by atoms with E-state index in [0.29, 0.717) is 0 Å². The third kappa shape index (κ3) is 2.35. The van der Waals surface area contributed by atoms with Gasteiger partial charge in [0.15, 0.2) is 5.78 Å². The van der Waals surface area contributed by atoms with Crippen molar-refractivity contribution in [1.82, 2.24) is 0 Å². The Morgan fingerprint density at radius 1 is 0.944 bits per heavy atom. The fraction of sp³-hybridized carbons (Fsp3) is 0.235. The summed E-state index contributed by atoms with van der Waals surface area (Å²) in [7, 11) is 0. The third-order valence-electron chi connectivity index (χ3n) is 3.56. The number of carbonyl (C=O) groups excluding carboxylic acids is 1. The zero-order valence-corrected chi connectivity index (χ0v) is 11.1. The van der Waals surface area contributed by atoms with E-state index in [0.717, 1.165) is 16.7 Å². The minimum absolute atomic E-state index is 0.0910. The summed E-state index contributed by atoms with van der Waals surface area (Å²) in [5, 5.41) is 0. The van der Waals surface area contributed by atoms with E-state index in [1.807, 2.05) is 69.3 Å². The lowest BCUT2D eigenvalue weighted by atomic mass is 9.89. The first-order valence-electron chi connectivity index (χ1n) is 6.26. The molecular formula is C17H18O. The summed E-state index contributed by atoms with van der Waals surface area (Å²) in [5.74, 6) is 0.106. The number of rotatable bonds is 3. The van der Waals surface area contributed by atoms with Gasteiger partial charge in [-0.1, -0.05) is 55.5 Å². The van der Waals surface area contributed by atoms with Crippen molar-refractivity contribution in [2.24, 2.45) is 0 Å². The lowest BCUT2D eigenvalue weighted by Gasteiger charge is -2.13. The molecular weight excluding hydrogens is 220 g/mol. The molecule has 18 heavy (non-hydrogen) atoms. The fourth-order valence-electron chi connectivity index (χ4n) is 2.14. The largest absolute Gasteiger partial charge is 0.293 e. The van der Waals surface area contributed by atoms with Crippen molar-refractivity contribution in [2.75, 3.05) is 0 Å². The van der Waals surface area contributed by atoms with E-state index in [4.69, 9.17) is 0 Å². The Balaban J connectivity index is 2.35. The second-order valence-electron chi connectivity index (χ2n) is 4.74. The molecule has 1 unspecified atom stereocenters. The van der Waals surface area contributed by atoms with Crippen LogP contribution in [0.4, 0.5) is 0 Å². The Morgan fingerprint density at radius 2 is 1.61 bits per heavy atom. The first kappa shape index (κ1) is 12.6. The number of hydrogen-bond acceptors (Lipinski definition) is 1. The summed E-state index contributed by atoms with van der Waals surface area (Å²) in [6.45, 7) is 6.03. The van der Waals surface area contributed by atoms with E-state index < -0.39 is 0 Å². The maximum absolute atomic E-state index is 12.5. The molecule has 0 aliphatic heterocycles. The number of aryl methyl sites for hydroxylation is 1. The van der Waals surface area contributed by atoms with Crippen LogP contribution in [0.15, 0.2) is 48.5 Å². The molecule has 2 aromatic rings. The standard InChI is InChI=1S/C17H18O/c1-12-8-7-11-16(13(12)2)17(18)14(3)15-9-5-4-6-10-15/h4-11,14H,1-3H3. The molecule has 0 aromatic heterocycles. The topological polar surface area (TPSA) is 17.1 Å². The van der Waals surface area contributed by atoms with E-state index in [9.17, 15) is 4.79 Å². The molecule has 1 nitrogen and oxygen atoms in total. The van der Waals surface area contributed by atoms with Crippen molar-refractivity contribution in [3.63, 3.8) is 0 Å². The number of hydrogen-bond donors (Lipinski definition) is 0. The van der Waals surface area contributed by atoms with Gasteiger partial charge in [-0.05, 0) is 30.5 Å². The summed E-state index contributed by atoms with van der Waals surface area (Å²) >= 11 is 0. The summed E-state index contributed by atoms with van der Waals surface area (Å²) in [5.41, 5.74) is 4.17. The van der Waals surface area contributed by atoms with Crippen LogP contribution in [0.2, 0.25) is 0 Å². The Hall–Kier alpha value is -1.89. The van der Waals surface area contributed by atoms with E-state index in [1.54, 1.807) is 0 Å². The fourth-order valence-corrected chi connectivity index (χ4v) is 2.14. The maximum atomic E-state index is 12.5. The minimum Gasteiger partial charge on any atom is -0.293 e. The lowest BCUT2D eigenvalue weighted by Crippen LogP contribution is -2.11. The number of carbonyl (C=O) groups is 1. The van der Waals surface area contributed by atoms with Crippen LogP contribution >= 0.6 is 0 Å². The highest BCUT2D eigenvalue weighted by Gasteiger charge is 2.18. The van der Waals surface area contributed by atoms with Gasteiger partial charge in [0.05, 0.1) is 0 Å². The van der Waals surface area contributed by atoms with Crippen LogP contribution in [0, 0.1) is 13.8 Å². The molecule has 0 N–H and O–H groups in total. The predicted molar refractivity (Wildman–Crippen MR) is 75.1 cm³/mol. The maximum Gasteiger partial charge on any atom is 0.170 e. The van der Waals surface area contributed by atoms with Crippen molar-refractivity contribution in [1.29, 1.82) is 0 Å². The minimum atomic E-state index is -0.0910. The molecule has 0 spiro atoms. The first-order valence-corrected chi connectivity index (χ1v) is 6.26. The number of benzene rings is 2. The molecule has 0 saturated heterocycles. The van der Waals surface area contributed by atoms with Crippen molar-refractivity contribution >= 4 is 5.78 Å². The van der Waals surface area contributed by atoms with Gasteiger partial charge in [0.25, 0.3) is 0 Å². The number of Topliss-reactive ketones (excluding diaryl/α,β-unsaturated/α-hetero) is 1. The average Bonchev–Trinajstić information content (AvgIpc) is 2.41. The van der Waals surface area contributed by atoms with Crippen LogP contribution in [0.1, 0.15) is 39.9 Å². The summed E-state index contributed by atoms with van der Waals surface area (Å²) in [6.07, 6.45) is 0. The molecule has 0 bridgehead atoms. The van der Waals surface area contributed by atoms with Gasteiger partial charge in [-0.2, -0.15) is 0 Å². The second-order valence-corrected chi connectivity index (χ2v) is 4.74. The normalized spacial score (nSPS) is 12.2. The molecule has 2 rings (SSSR count). The molecule has 0 aliphatic carbocycles. The Morgan fingerprint density at radius 3 is 2.28 bits per heavy atom. The zero-order chi connectivity index (χ0) is 13.1. The van der Waals surface area contributed by atoms with Crippen LogP contribution in [-0.2, 0) is 0 Å². The molecule has 92 valence electrons. The molecule has 0 aliphatic rings. The average molecular weight is 238 g/mol. The van der Waals surface area contributed by atoms with Crippen molar-refractivity contribution in [3.8, 4) is 0 Å². The van der Waals surface area contributed by atoms with Crippen LogP contribution in [0.5, 0.6) is 0 Å². The molecule has 2 aromatic carbocycles. The van der Waals surface area contributed by atoms with Crippen LogP contribution < -0.4 is 0 Å². The Kier molecular flexibility index (Phi) is 3.61. The highest BCUT2D eigenvalue weighted by molar-refractivity contribution is 6.02. The van der Waals surface area contributed by atoms with Crippen LogP contribution in [0.3, 0.4) is 0 Å². The molecule has 0 saturated carbocycles. The van der Waals surface area contributed by atoms with E-state index in [2.05, 4.69) is 0 Å². The smallest absolute Gasteiger partial charge is 0.170 e. The molecule has 0 fully saturated rings. The van der Waals surface area contributed by atoms with Gasteiger partial charge in [0.1, 0.15) is 0 Å². The van der Waals surface area contributed by atoms with Gasteiger partial charge in [0.2, 0.25) is 0 Å². The van der Waals surface area contributed by atoms with E-state index in [1.165, 1.54) is 5.56 Å². The Labute approximate surface area is 108 Å². The zero-order valence-electron chi connectivity index (χ0n) is 11.1. The summed E-state index contributed by atoms with van der Waals surface area (Å²) in [6, 6.07) is 15.8. The SMILES string of the molecule is Cc1cccc(C(=O)C(C)c2ccccc2)c1C. The van der Waals surface area contributed by atoms with Gasteiger partial charge in [-0.25, -0.2) is 0 Å². The monoisotopic (exact) mass is 238 g/mol. The second kappa shape index (κ2) is 5.18. The molecule has 1 atom stereocenters. The third-order valence-corrected chi connectivity index (χ3v) is 3.56. The predicted octanol–water partition coefficient (Wildman–Crippen LogP) is 4.29. The van der Waals surface area contributed by atoms with Crippen LogP contribution in [-0.4, -0.2) is 5.78 Å². The number of ketones is 1.